The van der Waals surface area contributed by atoms with Gasteiger partial charge in [0.25, 0.3) is 0 Å². The normalized spacial score (nSPS) is 15.0. The summed E-state index contributed by atoms with van der Waals surface area (Å²) in [5, 5.41) is 9.53. The van der Waals surface area contributed by atoms with E-state index in [1.807, 2.05) is 36.4 Å². The van der Waals surface area contributed by atoms with Gasteiger partial charge in [0, 0.05) is 94.9 Å². The first-order valence-electron chi connectivity index (χ1n) is 13.8. The van der Waals surface area contributed by atoms with Crippen molar-refractivity contribution in [2.45, 2.75) is 34.0 Å². The summed E-state index contributed by atoms with van der Waals surface area (Å²) in [5.74, 6) is -0.390. The monoisotopic (exact) mass is 570 g/mol. The first-order valence-corrected chi connectivity index (χ1v) is 13.8. The highest BCUT2D eigenvalue weighted by Gasteiger charge is 2.18. The maximum absolute atomic E-state index is 11.5. The number of aliphatic hydroxyl groups is 1. The van der Waals surface area contributed by atoms with Crippen LogP contribution >= 0.6 is 0 Å². The zero-order valence-electron chi connectivity index (χ0n) is 24.7. The first kappa shape index (κ1) is 31.9. The molecular weight excluding hydrogens is 528 g/mol. The van der Waals surface area contributed by atoms with Crippen molar-refractivity contribution in [3.63, 3.8) is 0 Å². The molecule has 11 nitrogen and oxygen atoms in total. The van der Waals surface area contributed by atoms with E-state index in [2.05, 4.69) is 9.80 Å². The van der Waals surface area contributed by atoms with Gasteiger partial charge in [0.15, 0.2) is 0 Å². The Morgan fingerprint density at radius 3 is 1.56 bits per heavy atom. The van der Waals surface area contributed by atoms with Crippen LogP contribution < -0.4 is 19.6 Å². The van der Waals surface area contributed by atoms with Crippen molar-refractivity contribution in [3.8, 4) is 0 Å². The Morgan fingerprint density at radius 2 is 1.17 bits per heavy atom. The number of anilines is 4. The number of morpholine rings is 2. The molecule has 224 valence electrons. The van der Waals surface area contributed by atoms with Gasteiger partial charge < -0.3 is 38.9 Å². The average molecular weight is 571 g/mol. The largest absolute Gasteiger partial charge is 0.461 e. The molecule has 1 N–H and O–H groups in total. The molecule has 41 heavy (non-hydrogen) atoms. The molecule has 0 radical (unpaired) electrons. The topological polar surface area (TPSA) is 112 Å². The van der Waals surface area contributed by atoms with E-state index < -0.39 is 0 Å². The minimum atomic E-state index is -0.321. The standard InChI is InChI=1S/C16H22N2O4.C14H20N2O3/c1-12(19)17(3)15-4-5-16(18-6-8-21-9-7-18)14(10-15)11-22-13(2)20;1-11(18)15(2)13-3-4-14(12(9-13)10-17)16-5-7-19-8-6-16/h4-5,10H,6-9,11H2,1-3H3;3-4,9,17H,5-8,10H2,1-2H3. The zero-order chi connectivity index (χ0) is 29.9. The van der Waals surface area contributed by atoms with Gasteiger partial charge in [0.05, 0.1) is 33.0 Å². The summed E-state index contributed by atoms with van der Waals surface area (Å²) in [6.07, 6.45) is 0. The Labute approximate surface area is 242 Å². The van der Waals surface area contributed by atoms with Gasteiger partial charge in [-0.3, -0.25) is 14.4 Å². The van der Waals surface area contributed by atoms with Gasteiger partial charge in [-0.05, 0) is 36.4 Å². The SMILES string of the molecule is CC(=O)N(C)c1ccc(N2CCOCC2)c(CO)c1.CC(=O)OCc1cc(N(C)C(C)=O)ccc1N1CCOCC1. The Morgan fingerprint density at radius 1 is 0.756 bits per heavy atom. The first-order chi connectivity index (χ1) is 19.6. The molecule has 2 amide bonds. The summed E-state index contributed by atoms with van der Waals surface area (Å²) in [7, 11) is 3.45. The summed E-state index contributed by atoms with van der Waals surface area (Å²) in [6, 6.07) is 11.5. The fraction of sp³-hybridized carbons (Fsp3) is 0.500. The lowest BCUT2D eigenvalue weighted by atomic mass is 10.1. The molecule has 2 aliphatic heterocycles. The predicted octanol–water partition coefficient (Wildman–Crippen LogP) is 2.57. The van der Waals surface area contributed by atoms with E-state index in [0.717, 1.165) is 60.1 Å². The van der Waals surface area contributed by atoms with E-state index in [1.165, 1.54) is 20.8 Å². The lowest BCUT2D eigenvalue weighted by molar-refractivity contribution is -0.142. The van der Waals surface area contributed by atoms with Crippen LogP contribution in [0.5, 0.6) is 0 Å². The number of carbonyl (C=O) groups is 3. The Kier molecular flexibility index (Phi) is 11.9. The molecule has 0 unspecified atom stereocenters. The van der Waals surface area contributed by atoms with Crippen molar-refractivity contribution < 1.29 is 33.7 Å². The highest BCUT2D eigenvalue weighted by molar-refractivity contribution is 5.92. The van der Waals surface area contributed by atoms with Crippen LogP contribution in [0, 0.1) is 0 Å². The Hall–Kier alpha value is -3.67. The molecule has 2 aromatic carbocycles. The number of hydrogen-bond acceptors (Lipinski definition) is 9. The van der Waals surface area contributed by atoms with E-state index in [-0.39, 0.29) is 31.0 Å². The van der Waals surface area contributed by atoms with Crippen molar-refractivity contribution in [2.24, 2.45) is 0 Å². The molecule has 0 aliphatic carbocycles. The van der Waals surface area contributed by atoms with E-state index in [4.69, 9.17) is 14.2 Å². The van der Waals surface area contributed by atoms with Gasteiger partial charge in [0.1, 0.15) is 6.61 Å². The number of nitrogens with zero attached hydrogens (tertiary/aromatic N) is 4. The van der Waals surface area contributed by atoms with Crippen LogP contribution in [0.4, 0.5) is 22.7 Å². The summed E-state index contributed by atoms with van der Waals surface area (Å²) in [4.78, 5) is 41.6. The third-order valence-corrected chi connectivity index (χ3v) is 7.15. The van der Waals surface area contributed by atoms with Gasteiger partial charge in [0.2, 0.25) is 11.8 Å². The second-order valence-electron chi connectivity index (χ2n) is 9.92. The highest BCUT2D eigenvalue weighted by atomic mass is 16.5. The number of amides is 2. The van der Waals surface area contributed by atoms with Crippen LogP contribution in [0.1, 0.15) is 31.9 Å². The van der Waals surface area contributed by atoms with Crippen LogP contribution in [0.25, 0.3) is 0 Å². The summed E-state index contributed by atoms with van der Waals surface area (Å²) in [5.41, 5.74) is 5.35. The van der Waals surface area contributed by atoms with Gasteiger partial charge in [-0.15, -0.1) is 0 Å². The lowest BCUT2D eigenvalue weighted by Crippen LogP contribution is -2.37. The van der Waals surface area contributed by atoms with E-state index in [1.54, 1.807) is 23.9 Å². The molecule has 2 fully saturated rings. The molecule has 2 aromatic rings. The maximum Gasteiger partial charge on any atom is 0.302 e. The molecule has 11 heteroatoms. The van der Waals surface area contributed by atoms with Crippen LogP contribution in [0.15, 0.2) is 36.4 Å². The Balaban J connectivity index is 0.000000228. The van der Waals surface area contributed by atoms with Crippen LogP contribution in [0.2, 0.25) is 0 Å². The number of aliphatic hydroxyl groups excluding tert-OH is 1. The molecule has 0 aromatic heterocycles. The van der Waals surface area contributed by atoms with E-state index in [9.17, 15) is 19.5 Å². The second-order valence-corrected chi connectivity index (χ2v) is 9.92. The highest BCUT2D eigenvalue weighted by Crippen LogP contribution is 2.28. The maximum atomic E-state index is 11.5. The zero-order valence-corrected chi connectivity index (χ0v) is 24.7. The van der Waals surface area contributed by atoms with Crippen molar-refractivity contribution in [3.05, 3.63) is 47.5 Å². The molecule has 4 rings (SSSR count). The molecule has 0 atom stereocenters. The molecule has 0 spiro atoms. The van der Waals surface area contributed by atoms with E-state index in [0.29, 0.717) is 26.4 Å². The van der Waals surface area contributed by atoms with Crippen molar-refractivity contribution >= 4 is 40.5 Å². The molecule has 0 bridgehead atoms. The summed E-state index contributed by atoms with van der Waals surface area (Å²) >= 11 is 0. The van der Waals surface area contributed by atoms with Crippen molar-refractivity contribution in [1.82, 2.24) is 0 Å². The molecular formula is C30H42N4O7. The Bertz CT molecular complexity index is 1190. The minimum absolute atomic E-state index is 0.0250. The van der Waals surface area contributed by atoms with Crippen LogP contribution in [-0.2, 0) is 41.8 Å². The average Bonchev–Trinajstić information content (AvgIpc) is 2.99. The second kappa shape index (κ2) is 15.4. The quantitative estimate of drug-likeness (QED) is 0.502. The number of ether oxygens (including phenoxy) is 3. The van der Waals surface area contributed by atoms with Crippen LogP contribution in [-0.4, -0.2) is 89.6 Å². The smallest absolute Gasteiger partial charge is 0.302 e. The fourth-order valence-corrected chi connectivity index (χ4v) is 4.57. The molecule has 0 saturated carbocycles. The number of rotatable bonds is 7. The summed E-state index contributed by atoms with van der Waals surface area (Å²) in [6.45, 7) is 10.6. The van der Waals surface area contributed by atoms with Gasteiger partial charge >= 0.3 is 5.97 Å². The van der Waals surface area contributed by atoms with Crippen LogP contribution in [0.3, 0.4) is 0 Å². The van der Waals surface area contributed by atoms with Gasteiger partial charge in [-0.25, -0.2) is 0 Å². The fourth-order valence-electron chi connectivity index (χ4n) is 4.57. The minimum Gasteiger partial charge on any atom is -0.461 e. The third-order valence-electron chi connectivity index (χ3n) is 7.15. The number of benzene rings is 2. The number of carbonyl (C=O) groups excluding carboxylic acids is 3. The lowest BCUT2D eigenvalue weighted by Gasteiger charge is -2.31. The van der Waals surface area contributed by atoms with Gasteiger partial charge in [-0.2, -0.15) is 0 Å². The molecule has 2 aliphatic rings. The number of hydrogen-bond donors (Lipinski definition) is 1. The third kappa shape index (κ3) is 8.91. The van der Waals surface area contributed by atoms with Gasteiger partial charge in [-0.1, -0.05) is 0 Å². The molecule has 2 saturated heterocycles. The predicted molar refractivity (Wildman–Crippen MR) is 159 cm³/mol. The van der Waals surface area contributed by atoms with Crippen molar-refractivity contribution in [2.75, 3.05) is 86.3 Å². The van der Waals surface area contributed by atoms with E-state index >= 15 is 0 Å². The summed E-state index contributed by atoms with van der Waals surface area (Å²) < 4.78 is 15.9. The van der Waals surface area contributed by atoms with Crippen molar-refractivity contribution in [1.29, 1.82) is 0 Å². The molecule has 2 heterocycles. The number of esters is 1.